The Hall–Kier alpha value is 0.657. The van der Waals surface area contributed by atoms with Crippen molar-refractivity contribution < 1.29 is 0 Å². The highest BCUT2D eigenvalue weighted by molar-refractivity contribution is 8.93. The van der Waals surface area contributed by atoms with Crippen molar-refractivity contribution in [1.29, 1.82) is 0 Å². The van der Waals surface area contributed by atoms with Crippen LogP contribution in [0, 0.1) is 0 Å². The zero-order valence-electron chi connectivity index (χ0n) is 8.05. The lowest BCUT2D eigenvalue weighted by Gasteiger charge is -2.06. The smallest absolute Gasteiger partial charge is 0.0687 e. The molecule has 0 N–H and O–H groups in total. The van der Waals surface area contributed by atoms with E-state index in [-0.39, 0.29) is 17.0 Å². The molecule has 0 aromatic rings. The molecule has 0 nitrogen and oxygen atoms in total. The van der Waals surface area contributed by atoms with E-state index in [1.54, 1.807) is 0 Å². The van der Waals surface area contributed by atoms with Crippen molar-refractivity contribution in [2.45, 2.75) is 19.6 Å². The molecule has 0 atom stereocenters. The molecule has 11 heavy (non-hydrogen) atoms. The van der Waals surface area contributed by atoms with Gasteiger partial charge < -0.3 is 0 Å². The number of halogens is 1. The molecule has 0 spiro atoms. The van der Waals surface area contributed by atoms with E-state index in [1.165, 1.54) is 0 Å². The molecular formula is C8H19BrSSi. The van der Waals surface area contributed by atoms with Crippen LogP contribution in [0.5, 0.6) is 0 Å². The first-order valence-electron chi connectivity index (χ1n) is 3.51. The zero-order valence-corrected chi connectivity index (χ0v) is 11.6. The molecule has 0 aromatic heterocycles. The summed E-state index contributed by atoms with van der Waals surface area (Å²) in [4.78, 5) is 0. The topological polar surface area (TPSA) is 0 Å². The first-order valence-corrected chi connectivity index (χ1v) is 9.19. The zero-order chi connectivity index (χ0) is 8.20. The molecule has 0 saturated heterocycles. The molecule has 0 heterocycles. The van der Waals surface area contributed by atoms with Gasteiger partial charge in [-0.3, -0.25) is 0 Å². The summed E-state index contributed by atoms with van der Waals surface area (Å²) in [5.41, 5.74) is 2.38. The summed E-state index contributed by atoms with van der Waals surface area (Å²) in [6.45, 7) is 7.04. The van der Waals surface area contributed by atoms with Crippen molar-refractivity contribution in [2.24, 2.45) is 0 Å². The maximum absolute atomic E-state index is 2.38. The molecule has 0 aliphatic heterocycles. The lowest BCUT2D eigenvalue weighted by atomic mass is 10.8. The summed E-state index contributed by atoms with van der Waals surface area (Å²) < 4.78 is 0. The van der Waals surface area contributed by atoms with Gasteiger partial charge in [-0.25, -0.2) is 0 Å². The molecule has 0 aliphatic carbocycles. The van der Waals surface area contributed by atoms with Crippen LogP contribution < -0.4 is 0 Å². The molecule has 0 aliphatic rings. The molecule has 68 valence electrons. The minimum Gasteiger partial charge on any atom is -0.192 e. The first-order chi connectivity index (χ1) is 4.42. The van der Waals surface area contributed by atoms with E-state index in [0.29, 0.717) is 10.5 Å². The molecule has 0 rings (SSSR count). The fourth-order valence-electron chi connectivity index (χ4n) is 0.485. The Balaban J connectivity index is 0. The van der Waals surface area contributed by atoms with Crippen LogP contribution in [0.3, 0.4) is 0 Å². The van der Waals surface area contributed by atoms with Crippen LogP contribution in [0.25, 0.3) is 0 Å². The van der Waals surface area contributed by atoms with Gasteiger partial charge in [0.05, 0.1) is 8.07 Å². The lowest BCUT2D eigenvalue weighted by molar-refractivity contribution is 1.77. The molecule has 0 amide bonds. The third-order valence-electron chi connectivity index (χ3n) is 0.947. The summed E-state index contributed by atoms with van der Waals surface area (Å²) >= 11 is 0. The van der Waals surface area contributed by atoms with E-state index in [1.807, 2.05) is 0 Å². The SMILES string of the molecule is Br.CS(C)=C/C=C/[Si](C)(C)C. The Kier molecular flexibility index (Phi) is 8.01. The molecule has 0 fully saturated rings. The largest absolute Gasteiger partial charge is 0.192 e. The average molecular weight is 255 g/mol. The molecule has 0 bridgehead atoms. The first kappa shape index (κ1) is 14.2. The summed E-state index contributed by atoms with van der Waals surface area (Å²) in [6, 6.07) is 0. The highest BCUT2D eigenvalue weighted by Crippen LogP contribution is 2.02. The average Bonchev–Trinajstić information content (AvgIpc) is 1.59. The fraction of sp³-hybridized carbons (Fsp3) is 0.625. The Morgan fingerprint density at radius 3 is 1.82 bits per heavy atom. The fourth-order valence-corrected chi connectivity index (χ4v) is 1.69. The summed E-state index contributed by atoms with van der Waals surface area (Å²) in [5.74, 6) is 0. The van der Waals surface area contributed by atoms with E-state index in [4.69, 9.17) is 0 Å². The van der Waals surface area contributed by atoms with Gasteiger partial charge in [0.15, 0.2) is 0 Å². The normalized spacial score (nSPS) is 11.8. The second-order valence-electron chi connectivity index (χ2n) is 3.74. The second-order valence-corrected chi connectivity index (χ2v) is 10.8. The quantitative estimate of drug-likeness (QED) is 0.403. The third-order valence-corrected chi connectivity index (χ3v) is 2.84. The van der Waals surface area contributed by atoms with Gasteiger partial charge in [-0.15, -0.1) is 17.0 Å². The molecule has 3 heteroatoms. The minimum absolute atomic E-state index is 0. The highest BCUT2D eigenvalue weighted by atomic mass is 79.9. The Morgan fingerprint density at radius 1 is 1.09 bits per heavy atom. The van der Waals surface area contributed by atoms with Crippen molar-refractivity contribution >= 4 is 40.9 Å². The Morgan fingerprint density at radius 2 is 1.55 bits per heavy atom. The molecule has 0 saturated carbocycles. The Labute approximate surface area is 84.8 Å². The van der Waals surface area contributed by atoms with Crippen LogP contribution in [0.15, 0.2) is 11.8 Å². The van der Waals surface area contributed by atoms with Crippen molar-refractivity contribution in [1.82, 2.24) is 0 Å². The number of rotatable bonds is 2. The van der Waals surface area contributed by atoms with Crippen molar-refractivity contribution in [3.05, 3.63) is 11.8 Å². The van der Waals surface area contributed by atoms with Crippen LogP contribution in [-0.2, 0) is 0 Å². The second kappa shape index (κ2) is 6.20. The third kappa shape index (κ3) is 13.6. The van der Waals surface area contributed by atoms with Crippen LogP contribution >= 0.6 is 27.5 Å². The van der Waals surface area contributed by atoms with E-state index >= 15 is 0 Å². The van der Waals surface area contributed by atoms with Crippen LogP contribution in [-0.4, -0.2) is 26.0 Å². The van der Waals surface area contributed by atoms with Gasteiger partial charge in [0.2, 0.25) is 0 Å². The number of hydrogen-bond donors (Lipinski definition) is 0. The highest BCUT2D eigenvalue weighted by Gasteiger charge is 2.05. The van der Waals surface area contributed by atoms with Gasteiger partial charge in [-0.1, -0.05) is 31.4 Å². The number of hydrogen-bond acceptors (Lipinski definition) is 0. The minimum atomic E-state index is -0.931. The maximum atomic E-state index is 2.38. The van der Waals surface area contributed by atoms with Crippen molar-refractivity contribution in [3.63, 3.8) is 0 Å². The number of allylic oxidation sites excluding steroid dienone is 1. The molecule has 0 aromatic carbocycles. The van der Waals surface area contributed by atoms with Gasteiger partial charge in [0.1, 0.15) is 0 Å². The Bertz CT molecular complexity index is 152. The van der Waals surface area contributed by atoms with E-state index in [9.17, 15) is 0 Å². The van der Waals surface area contributed by atoms with Crippen LogP contribution in [0.2, 0.25) is 19.6 Å². The monoisotopic (exact) mass is 254 g/mol. The summed E-state index contributed by atoms with van der Waals surface area (Å²) in [7, 11) is -0.471. The van der Waals surface area contributed by atoms with Crippen molar-refractivity contribution in [3.8, 4) is 0 Å². The van der Waals surface area contributed by atoms with E-state index in [2.05, 4.69) is 49.3 Å². The molecule has 0 radical (unpaired) electrons. The van der Waals surface area contributed by atoms with Crippen LogP contribution in [0.4, 0.5) is 0 Å². The van der Waals surface area contributed by atoms with E-state index < -0.39 is 8.07 Å². The summed E-state index contributed by atoms with van der Waals surface area (Å²) in [5, 5.41) is 2.28. The standard InChI is InChI=1S/C8H18SSi.BrH/c1-9(2)7-6-8-10(3,4)5;/h6-8H,1-5H3;1H/b8-6+;. The molecule has 0 unspecified atom stereocenters. The lowest BCUT2D eigenvalue weighted by Crippen LogP contribution is -2.15. The van der Waals surface area contributed by atoms with E-state index in [0.717, 1.165) is 0 Å². The van der Waals surface area contributed by atoms with Crippen LogP contribution in [0.1, 0.15) is 0 Å². The predicted octanol–water partition coefficient (Wildman–Crippen LogP) is 3.33. The van der Waals surface area contributed by atoms with Gasteiger partial charge in [0.25, 0.3) is 0 Å². The predicted molar refractivity (Wildman–Crippen MR) is 68.3 cm³/mol. The molecular weight excluding hydrogens is 236 g/mol. The maximum Gasteiger partial charge on any atom is 0.0687 e. The van der Waals surface area contributed by atoms with Gasteiger partial charge in [-0.05, 0) is 17.9 Å². The van der Waals surface area contributed by atoms with Gasteiger partial charge in [0, 0.05) is 0 Å². The van der Waals surface area contributed by atoms with Crippen molar-refractivity contribution in [2.75, 3.05) is 12.5 Å². The van der Waals surface area contributed by atoms with Gasteiger partial charge >= 0.3 is 0 Å². The van der Waals surface area contributed by atoms with Gasteiger partial charge in [-0.2, -0.15) is 10.5 Å². The summed E-state index contributed by atoms with van der Waals surface area (Å²) in [6.07, 6.45) is 6.69.